The molecule has 0 aliphatic carbocycles. The molecule has 4 nitrogen and oxygen atoms in total. The number of phenols is 1. The largest absolute Gasteiger partial charge is 0.508 e. The van der Waals surface area contributed by atoms with Crippen LogP contribution in [0.25, 0.3) is 0 Å². The van der Waals surface area contributed by atoms with Gasteiger partial charge in [0, 0.05) is 6.54 Å². The number of benzene rings is 1. The van der Waals surface area contributed by atoms with Crippen LogP contribution in [-0.2, 0) is 0 Å². The van der Waals surface area contributed by atoms with Gasteiger partial charge in [-0.05, 0) is 49.5 Å². The molecular weight excluding hydrogens is 264 g/mol. The van der Waals surface area contributed by atoms with Crippen molar-refractivity contribution in [2.45, 2.75) is 19.8 Å². The van der Waals surface area contributed by atoms with Gasteiger partial charge in [0.2, 0.25) is 0 Å². The molecule has 1 heterocycles. The molecule has 3 N–H and O–H groups in total. The number of halogens is 1. The average Bonchev–Trinajstić information content (AvgIpc) is 2.40. The van der Waals surface area contributed by atoms with E-state index in [2.05, 4.69) is 17.6 Å². The Balaban J connectivity index is 1.99. The number of piperidine rings is 1. The minimum Gasteiger partial charge on any atom is -0.508 e. The predicted octanol–water partition coefficient (Wildman–Crippen LogP) is 2.17. The second-order valence-electron chi connectivity index (χ2n) is 5.41. The van der Waals surface area contributed by atoms with E-state index in [4.69, 9.17) is 11.6 Å². The lowest BCUT2D eigenvalue weighted by molar-refractivity contribution is 0.0922. The third-order valence-electron chi connectivity index (χ3n) is 3.68. The second-order valence-corrected chi connectivity index (χ2v) is 5.81. The zero-order valence-corrected chi connectivity index (χ0v) is 11.8. The van der Waals surface area contributed by atoms with Gasteiger partial charge in [0.1, 0.15) is 5.75 Å². The summed E-state index contributed by atoms with van der Waals surface area (Å²) in [6.45, 7) is 4.77. The van der Waals surface area contributed by atoms with E-state index < -0.39 is 0 Å². The Morgan fingerprint density at radius 1 is 1.47 bits per heavy atom. The van der Waals surface area contributed by atoms with Crippen molar-refractivity contribution in [3.63, 3.8) is 0 Å². The molecule has 0 saturated carbocycles. The molecule has 1 aromatic carbocycles. The average molecular weight is 283 g/mol. The van der Waals surface area contributed by atoms with Crippen molar-refractivity contribution in [1.29, 1.82) is 0 Å². The standard InChI is InChI=1S/C14H19ClN2O2/c1-14(4-6-16-7-5-14)9-17-13(19)11-8-10(18)2-3-12(11)15/h2-3,8,16,18H,4-7,9H2,1H3,(H,17,19). The fourth-order valence-corrected chi connectivity index (χ4v) is 2.49. The summed E-state index contributed by atoms with van der Waals surface area (Å²) in [5.41, 5.74) is 0.448. The summed E-state index contributed by atoms with van der Waals surface area (Å²) >= 11 is 5.97. The van der Waals surface area contributed by atoms with Crippen molar-refractivity contribution in [3.05, 3.63) is 28.8 Å². The Hall–Kier alpha value is -1.26. The second kappa shape index (κ2) is 5.80. The summed E-state index contributed by atoms with van der Waals surface area (Å²) in [6, 6.07) is 4.38. The molecule has 0 bridgehead atoms. The highest BCUT2D eigenvalue weighted by atomic mass is 35.5. The van der Waals surface area contributed by atoms with E-state index in [-0.39, 0.29) is 17.1 Å². The molecule has 1 aliphatic rings. The maximum atomic E-state index is 12.1. The van der Waals surface area contributed by atoms with Gasteiger partial charge in [-0.2, -0.15) is 0 Å². The summed E-state index contributed by atoms with van der Waals surface area (Å²) in [5.74, 6) is -0.191. The van der Waals surface area contributed by atoms with Gasteiger partial charge in [0.15, 0.2) is 0 Å². The first-order valence-corrected chi connectivity index (χ1v) is 6.85. The van der Waals surface area contributed by atoms with Gasteiger partial charge in [-0.15, -0.1) is 0 Å². The maximum absolute atomic E-state index is 12.1. The van der Waals surface area contributed by atoms with E-state index >= 15 is 0 Å². The van der Waals surface area contributed by atoms with Gasteiger partial charge in [0.05, 0.1) is 10.6 Å². The molecular formula is C14H19ClN2O2. The molecule has 104 valence electrons. The summed E-state index contributed by atoms with van der Waals surface area (Å²) in [4.78, 5) is 12.1. The number of rotatable bonds is 3. The van der Waals surface area contributed by atoms with Crippen molar-refractivity contribution in [2.24, 2.45) is 5.41 Å². The first-order valence-electron chi connectivity index (χ1n) is 6.48. The number of carbonyl (C=O) groups excluding carboxylic acids is 1. The van der Waals surface area contributed by atoms with Crippen LogP contribution in [0.3, 0.4) is 0 Å². The Morgan fingerprint density at radius 3 is 2.84 bits per heavy atom. The minimum absolute atomic E-state index is 0.0441. The SMILES string of the molecule is CC1(CNC(=O)c2cc(O)ccc2Cl)CCNCC1. The van der Waals surface area contributed by atoms with E-state index in [0.29, 0.717) is 17.1 Å². The molecule has 0 unspecified atom stereocenters. The van der Waals surface area contributed by atoms with Gasteiger partial charge >= 0.3 is 0 Å². The number of aromatic hydroxyl groups is 1. The van der Waals surface area contributed by atoms with Crippen molar-refractivity contribution in [3.8, 4) is 5.75 Å². The van der Waals surface area contributed by atoms with Crippen LogP contribution in [0.2, 0.25) is 5.02 Å². The summed E-state index contributed by atoms with van der Waals surface area (Å²) in [6.07, 6.45) is 2.09. The first-order chi connectivity index (χ1) is 9.00. The Kier molecular flexibility index (Phi) is 4.32. The van der Waals surface area contributed by atoms with Gasteiger partial charge in [-0.3, -0.25) is 4.79 Å². The van der Waals surface area contributed by atoms with Gasteiger partial charge in [-0.25, -0.2) is 0 Å². The van der Waals surface area contributed by atoms with Crippen LogP contribution in [0.15, 0.2) is 18.2 Å². The van der Waals surface area contributed by atoms with Gasteiger partial charge in [-0.1, -0.05) is 18.5 Å². The van der Waals surface area contributed by atoms with E-state index in [1.807, 2.05) is 0 Å². The number of hydrogen-bond donors (Lipinski definition) is 3. The number of amides is 1. The van der Waals surface area contributed by atoms with Crippen LogP contribution in [0, 0.1) is 5.41 Å². The summed E-state index contributed by atoms with van der Waals surface area (Å²) < 4.78 is 0. The van der Waals surface area contributed by atoms with Crippen LogP contribution in [0.5, 0.6) is 5.75 Å². The zero-order valence-electron chi connectivity index (χ0n) is 11.0. The van der Waals surface area contributed by atoms with Crippen LogP contribution in [0.4, 0.5) is 0 Å². The Morgan fingerprint density at radius 2 is 2.16 bits per heavy atom. The Bertz CT molecular complexity index is 471. The van der Waals surface area contributed by atoms with Crippen molar-refractivity contribution in [1.82, 2.24) is 10.6 Å². The quantitative estimate of drug-likeness (QED) is 0.796. The molecule has 5 heteroatoms. The highest BCUT2D eigenvalue weighted by Gasteiger charge is 2.27. The molecule has 1 aromatic rings. The van der Waals surface area contributed by atoms with Gasteiger partial charge in [0.25, 0.3) is 5.91 Å². The van der Waals surface area contributed by atoms with Crippen molar-refractivity contribution >= 4 is 17.5 Å². The first kappa shape index (κ1) is 14.2. The third-order valence-corrected chi connectivity index (χ3v) is 4.01. The number of hydrogen-bond acceptors (Lipinski definition) is 3. The smallest absolute Gasteiger partial charge is 0.252 e. The summed E-state index contributed by atoms with van der Waals surface area (Å²) in [7, 11) is 0. The lowest BCUT2D eigenvalue weighted by Crippen LogP contribution is -2.42. The van der Waals surface area contributed by atoms with Crippen molar-refractivity contribution < 1.29 is 9.90 Å². The third kappa shape index (κ3) is 3.61. The van der Waals surface area contributed by atoms with E-state index in [1.165, 1.54) is 18.2 Å². The lowest BCUT2D eigenvalue weighted by Gasteiger charge is -2.34. The molecule has 2 rings (SSSR count). The van der Waals surface area contributed by atoms with Crippen LogP contribution >= 0.6 is 11.6 Å². The van der Waals surface area contributed by atoms with E-state index in [1.54, 1.807) is 0 Å². The predicted molar refractivity (Wildman–Crippen MR) is 75.7 cm³/mol. The Labute approximate surface area is 118 Å². The van der Waals surface area contributed by atoms with Crippen molar-refractivity contribution in [2.75, 3.05) is 19.6 Å². The molecule has 0 aromatic heterocycles. The van der Waals surface area contributed by atoms with Crippen LogP contribution in [0.1, 0.15) is 30.1 Å². The summed E-state index contributed by atoms with van der Waals surface area (Å²) in [5, 5.41) is 16.0. The monoisotopic (exact) mass is 282 g/mol. The molecule has 0 spiro atoms. The molecule has 19 heavy (non-hydrogen) atoms. The highest BCUT2D eigenvalue weighted by Crippen LogP contribution is 2.27. The molecule has 1 amide bonds. The fraction of sp³-hybridized carbons (Fsp3) is 0.500. The van der Waals surface area contributed by atoms with E-state index in [9.17, 15) is 9.90 Å². The molecule has 0 atom stereocenters. The van der Waals surface area contributed by atoms with Crippen LogP contribution < -0.4 is 10.6 Å². The minimum atomic E-state index is -0.236. The molecule has 1 saturated heterocycles. The maximum Gasteiger partial charge on any atom is 0.252 e. The molecule has 1 aliphatic heterocycles. The fourth-order valence-electron chi connectivity index (χ4n) is 2.28. The lowest BCUT2D eigenvalue weighted by atomic mass is 9.81. The highest BCUT2D eigenvalue weighted by molar-refractivity contribution is 6.33. The number of phenolic OH excluding ortho intramolecular Hbond substituents is 1. The van der Waals surface area contributed by atoms with Crippen LogP contribution in [-0.4, -0.2) is 30.6 Å². The van der Waals surface area contributed by atoms with Gasteiger partial charge < -0.3 is 15.7 Å². The molecule has 1 fully saturated rings. The number of carbonyl (C=O) groups is 1. The number of nitrogens with one attached hydrogen (secondary N) is 2. The molecule has 0 radical (unpaired) electrons. The zero-order chi connectivity index (χ0) is 13.9. The van der Waals surface area contributed by atoms with E-state index in [0.717, 1.165) is 25.9 Å². The normalized spacial score (nSPS) is 18.0. The topological polar surface area (TPSA) is 61.4 Å².